The monoisotopic (exact) mass is 229 g/mol. The number of aromatic nitrogens is 2. The van der Waals surface area contributed by atoms with E-state index < -0.39 is 10.0 Å². The minimum Gasteiger partial charge on any atom is -0.335 e. The van der Waals surface area contributed by atoms with Crippen LogP contribution in [0.5, 0.6) is 0 Å². The summed E-state index contributed by atoms with van der Waals surface area (Å²) in [4.78, 5) is 6.35. The molecule has 0 saturated heterocycles. The molecule has 0 aliphatic heterocycles. The lowest BCUT2D eigenvalue weighted by Gasteiger charge is -2.29. The maximum atomic E-state index is 11.9. The van der Waals surface area contributed by atoms with Crippen LogP contribution < -0.4 is 0 Å². The fourth-order valence-electron chi connectivity index (χ4n) is 1.69. The van der Waals surface area contributed by atoms with Crippen molar-refractivity contribution in [3.63, 3.8) is 0 Å². The van der Waals surface area contributed by atoms with E-state index in [9.17, 15) is 8.42 Å². The van der Waals surface area contributed by atoms with Crippen LogP contribution in [-0.2, 0) is 10.0 Å². The first-order valence-electron chi connectivity index (χ1n) is 5.05. The van der Waals surface area contributed by atoms with Crippen LogP contribution >= 0.6 is 0 Å². The molecule has 1 aliphatic rings. The van der Waals surface area contributed by atoms with Crippen molar-refractivity contribution < 1.29 is 8.42 Å². The number of rotatable bonds is 4. The van der Waals surface area contributed by atoms with Crippen LogP contribution in [0, 0.1) is 5.92 Å². The van der Waals surface area contributed by atoms with Crippen LogP contribution in [0.4, 0.5) is 0 Å². The second-order valence-corrected chi connectivity index (χ2v) is 6.01. The molecule has 6 heteroatoms. The van der Waals surface area contributed by atoms with Gasteiger partial charge < -0.3 is 4.98 Å². The Bertz CT molecular complexity index is 409. The molecule has 1 aliphatic carbocycles. The number of H-pyrrole nitrogens is 1. The van der Waals surface area contributed by atoms with E-state index in [2.05, 4.69) is 9.97 Å². The number of nitrogens with zero attached hydrogens (tertiary/aromatic N) is 2. The molecule has 0 radical (unpaired) electrons. The number of hydrogen-bond acceptors (Lipinski definition) is 3. The number of imidazole rings is 1. The summed E-state index contributed by atoms with van der Waals surface area (Å²) in [5.41, 5.74) is 0. The van der Waals surface area contributed by atoms with E-state index in [1.807, 2.05) is 0 Å². The molecule has 1 heterocycles. The predicted octanol–water partition coefficient (Wildman–Crippen LogP) is 0.830. The molecule has 0 unspecified atom stereocenters. The van der Waals surface area contributed by atoms with Crippen molar-refractivity contribution in [1.29, 1.82) is 0 Å². The first-order valence-corrected chi connectivity index (χ1v) is 6.49. The largest absolute Gasteiger partial charge is 0.335 e. The maximum Gasteiger partial charge on any atom is 0.259 e. The van der Waals surface area contributed by atoms with E-state index in [-0.39, 0.29) is 5.03 Å². The summed E-state index contributed by atoms with van der Waals surface area (Å²) in [6, 6.07) is 0. The van der Waals surface area contributed by atoms with Gasteiger partial charge in [-0.3, -0.25) is 0 Å². The molecule has 0 bridgehead atoms. The van der Waals surface area contributed by atoms with Crippen molar-refractivity contribution in [3.8, 4) is 0 Å². The minimum atomic E-state index is -3.35. The zero-order chi connectivity index (χ0) is 10.9. The molecule has 1 aromatic rings. The topological polar surface area (TPSA) is 66.1 Å². The van der Waals surface area contributed by atoms with Gasteiger partial charge in [0.2, 0.25) is 0 Å². The van der Waals surface area contributed by atoms with Crippen LogP contribution in [0.3, 0.4) is 0 Å². The Morgan fingerprint density at radius 3 is 2.80 bits per heavy atom. The van der Waals surface area contributed by atoms with Crippen molar-refractivity contribution >= 4 is 10.0 Å². The van der Waals surface area contributed by atoms with Gasteiger partial charge in [0, 0.05) is 13.6 Å². The SMILES string of the molecule is CN(CC1CCC1)S(=O)(=O)c1cnc[nH]1. The molecular formula is C9H15N3O2S. The lowest BCUT2D eigenvalue weighted by Crippen LogP contribution is -2.34. The zero-order valence-corrected chi connectivity index (χ0v) is 9.50. The Morgan fingerprint density at radius 1 is 1.60 bits per heavy atom. The van der Waals surface area contributed by atoms with Crippen molar-refractivity contribution in [2.75, 3.05) is 13.6 Å². The molecule has 0 amide bonds. The molecule has 0 atom stereocenters. The summed E-state index contributed by atoms with van der Waals surface area (Å²) >= 11 is 0. The summed E-state index contributed by atoms with van der Waals surface area (Å²) in [5, 5.41) is 0.171. The molecule has 2 rings (SSSR count). The molecule has 1 aromatic heterocycles. The summed E-state index contributed by atoms with van der Waals surface area (Å²) in [6.07, 6.45) is 6.23. The minimum absolute atomic E-state index is 0.171. The number of sulfonamides is 1. The van der Waals surface area contributed by atoms with Crippen molar-refractivity contribution in [2.45, 2.75) is 24.3 Å². The Kier molecular flexibility index (Phi) is 2.79. The Morgan fingerprint density at radius 2 is 2.33 bits per heavy atom. The van der Waals surface area contributed by atoms with Gasteiger partial charge in [0.1, 0.15) is 0 Å². The van der Waals surface area contributed by atoms with Crippen LogP contribution in [0.25, 0.3) is 0 Å². The van der Waals surface area contributed by atoms with Gasteiger partial charge in [-0.2, -0.15) is 4.31 Å². The molecule has 0 aromatic carbocycles. The third kappa shape index (κ3) is 2.05. The van der Waals surface area contributed by atoms with Crippen molar-refractivity contribution in [1.82, 2.24) is 14.3 Å². The number of nitrogens with one attached hydrogen (secondary N) is 1. The van der Waals surface area contributed by atoms with Gasteiger partial charge in [0.05, 0.1) is 12.5 Å². The number of aromatic amines is 1. The van der Waals surface area contributed by atoms with E-state index in [0.29, 0.717) is 12.5 Å². The molecule has 5 nitrogen and oxygen atoms in total. The fourth-order valence-corrected chi connectivity index (χ4v) is 2.83. The second kappa shape index (κ2) is 3.94. The summed E-state index contributed by atoms with van der Waals surface area (Å²) in [6.45, 7) is 0.612. The van der Waals surface area contributed by atoms with Crippen molar-refractivity contribution in [3.05, 3.63) is 12.5 Å². The first kappa shape index (κ1) is 10.6. The molecule has 1 N–H and O–H groups in total. The van der Waals surface area contributed by atoms with Gasteiger partial charge in [0.25, 0.3) is 10.0 Å². The normalized spacial score (nSPS) is 18.0. The quantitative estimate of drug-likeness (QED) is 0.831. The van der Waals surface area contributed by atoms with Crippen molar-refractivity contribution in [2.24, 2.45) is 5.92 Å². The molecule has 0 spiro atoms. The third-order valence-corrected chi connectivity index (χ3v) is 4.65. The summed E-state index contributed by atoms with van der Waals surface area (Å²) in [7, 11) is -1.73. The zero-order valence-electron chi connectivity index (χ0n) is 8.68. The first-order chi connectivity index (χ1) is 7.10. The molecule has 1 fully saturated rings. The Hall–Kier alpha value is -0.880. The van der Waals surface area contributed by atoms with Crippen LogP contribution in [0.15, 0.2) is 17.6 Å². The van der Waals surface area contributed by atoms with Gasteiger partial charge >= 0.3 is 0 Å². The Balaban J connectivity index is 2.08. The molecule has 84 valence electrons. The highest BCUT2D eigenvalue weighted by Gasteiger charge is 2.27. The van der Waals surface area contributed by atoms with Crippen LogP contribution in [0.1, 0.15) is 19.3 Å². The van der Waals surface area contributed by atoms with Gasteiger partial charge in [-0.15, -0.1) is 0 Å². The van der Waals surface area contributed by atoms with Gasteiger partial charge in [-0.1, -0.05) is 6.42 Å². The lowest BCUT2D eigenvalue weighted by molar-refractivity contribution is 0.262. The second-order valence-electron chi connectivity index (χ2n) is 4.00. The highest BCUT2D eigenvalue weighted by molar-refractivity contribution is 7.89. The van der Waals surface area contributed by atoms with Crippen LogP contribution in [0.2, 0.25) is 0 Å². The predicted molar refractivity (Wildman–Crippen MR) is 55.7 cm³/mol. The third-order valence-electron chi connectivity index (χ3n) is 2.90. The van der Waals surface area contributed by atoms with E-state index in [1.54, 1.807) is 7.05 Å². The van der Waals surface area contributed by atoms with Gasteiger partial charge in [-0.25, -0.2) is 13.4 Å². The smallest absolute Gasteiger partial charge is 0.259 e. The fraction of sp³-hybridized carbons (Fsp3) is 0.667. The van der Waals surface area contributed by atoms with E-state index >= 15 is 0 Å². The van der Waals surface area contributed by atoms with E-state index in [1.165, 1.54) is 23.3 Å². The average molecular weight is 229 g/mol. The van der Waals surface area contributed by atoms with Crippen LogP contribution in [-0.4, -0.2) is 36.3 Å². The molecular weight excluding hydrogens is 214 g/mol. The van der Waals surface area contributed by atoms with Gasteiger partial charge in [-0.05, 0) is 18.8 Å². The summed E-state index contributed by atoms with van der Waals surface area (Å²) < 4.78 is 25.3. The highest BCUT2D eigenvalue weighted by atomic mass is 32.2. The van der Waals surface area contributed by atoms with E-state index in [4.69, 9.17) is 0 Å². The maximum absolute atomic E-state index is 11.9. The number of hydrogen-bond donors (Lipinski definition) is 1. The van der Waals surface area contributed by atoms with E-state index in [0.717, 1.165) is 12.8 Å². The molecule has 1 saturated carbocycles. The lowest BCUT2D eigenvalue weighted by atomic mass is 9.86. The Labute approximate surface area is 89.6 Å². The standard InChI is InChI=1S/C9H15N3O2S/c1-12(6-8-3-2-4-8)15(13,14)9-5-10-7-11-9/h5,7-8H,2-4,6H2,1H3,(H,10,11). The molecule has 15 heavy (non-hydrogen) atoms. The van der Waals surface area contributed by atoms with Gasteiger partial charge in [0.15, 0.2) is 5.03 Å². The highest BCUT2D eigenvalue weighted by Crippen LogP contribution is 2.28. The average Bonchev–Trinajstić information content (AvgIpc) is 2.63. The summed E-state index contributed by atoms with van der Waals surface area (Å²) in [5.74, 6) is 0.535.